The summed E-state index contributed by atoms with van der Waals surface area (Å²) in [5.74, 6) is 1.67. The van der Waals surface area contributed by atoms with Crippen LogP contribution >= 0.6 is 23.1 Å². The van der Waals surface area contributed by atoms with Crippen molar-refractivity contribution in [3.63, 3.8) is 0 Å². The smallest absolute Gasteiger partial charge is 0.244 e. The van der Waals surface area contributed by atoms with E-state index in [1.807, 2.05) is 6.92 Å². The number of aliphatic hydroxyl groups is 1. The molecule has 1 N–H and O–H groups in total. The molecule has 0 aliphatic carbocycles. The highest BCUT2D eigenvalue weighted by Crippen LogP contribution is 2.29. The van der Waals surface area contributed by atoms with Gasteiger partial charge in [-0.15, -0.1) is 11.3 Å². The molecule has 0 saturated carbocycles. The van der Waals surface area contributed by atoms with Gasteiger partial charge in [0.15, 0.2) is 0 Å². The van der Waals surface area contributed by atoms with Gasteiger partial charge in [0.2, 0.25) is 10.0 Å². The summed E-state index contributed by atoms with van der Waals surface area (Å²) in [4.78, 5) is 0.791. The molecule has 0 spiro atoms. The molecule has 17 heavy (non-hydrogen) atoms. The maximum Gasteiger partial charge on any atom is 0.244 e. The molecule has 2 rings (SSSR count). The molecule has 1 aliphatic heterocycles. The van der Waals surface area contributed by atoms with Gasteiger partial charge in [-0.2, -0.15) is 16.1 Å². The second-order valence-electron chi connectivity index (χ2n) is 3.91. The van der Waals surface area contributed by atoms with Crippen molar-refractivity contribution in [2.75, 3.05) is 18.1 Å². The van der Waals surface area contributed by atoms with Crippen molar-refractivity contribution in [3.05, 3.63) is 16.3 Å². The maximum absolute atomic E-state index is 12.5. The maximum atomic E-state index is 12.5. The fourth-order valence-electron chi connectivity index (χ4n) is 1.87. The topological polar surface area (TPSA) is 57.6 Å². The molecule has 4 nitrogen and oxygen atoms in total. The number of hydrogen-bond acceptors (Lipinski definition) is 5. The van der Waals surface area contributed by atoms with E-state index in [2.05, 4.69) is 0 Å². The van der Waals surface area contributed by atoms with Gasteiger partial charge in [-0.25, -0.2) is 8.42 Å². The molecule has 1 aliphatic rings. The van der Waals surface area contributed by atoms with Gasteiger partial charge in [0.1, 0.15) is 0 Å². The second kappa shape index (κ2) is 5.27. The molecule has 1 aromatic rings. The van der Waals surface area contributed by atoms with E-state index in [1.54, 1.807) is 27.5 Å². The molecular formula is C10H15NO3S3. The van der Waals surface area contributed by atoms with Crippen LogP contribution in [0.25, 0.3) is 0 Å². The Labute approximate surface area is 110 Å². The van der Waals surface area contributed by atoms with Gasteiger partial charge in [0.05, 0.1) is 11.5 Å². The Kier molecular flexibility index (Phi) is 4.14. The Hall–Kier alpha value is -0.0800. The summed E-state index contributed by atoms with van der Waals surface area (Å²) in [7, 11) is -3.44. The van der Waals surface area contributed by atoms with Crippen LogP contribution in [0, 0.1) is 0 Å². The highest BCUT2D eigenvalue weighted by atomic mass is 32.2. The zero-order valence-corrected chi connectivity index (χ0v) is 11.9. The minimum Gasteiger partial charge on any atom is -0.391 e. The van der Waals surface area contributed by atoms with Crippen LogP contribution in [0.5, 0.6) is 0 Å². The van der Waals surface area contributed by atoms with Gasteiger partial charge in [-0.1, -0.05) is 0 Å². The summed E-state index contributed by atoms with van der Waals surface area (Å²) in [6.07, 6.45) is 0. The van der Waals surface area contributed by atoms with Crippen LogP contribution in [0.15, 0.2) is 16.3 Å². The SMILES string of the molecule is CC1CSCCN1S(=O)(=O)c1ccsc1CO. The van der Waals surface area contributed by atoms with Gasteiger partial charge < -0.3 is 5.11 Å². The normalized spacial score (nSPS) is 22.8. The minimum absolute atomic E-state index is 0.0187. The monoisotopic (exact) mass is 293 g/mol. The predicted molar refractivity (Wildman–Crippen MR) is 70.9 cm³/mol. The molecule has 0 bridgehead atoms. The number of hydrogen-bond donors (Lipinski definition) is 1. The van der Waals surface area contributed by atoms with E-state index in [0.717, 1.165) is 11.5 Å². The summed E-state index contributed by atoms with van der Waals surface area (Å²) in [6.45, 7) is 2.26. The Morgan fingerprint density at radius 3 is 3.00 bits per heavy atom. The quantitative estimate of drug-likeness (QED) is 0.914. The third-order valence-electron chi connectivity index (χ3n) is 2.74. The average Bonchev–Trinajstić information content (AvgIpc) is 2.78. The second-order valence-corrected chi connectivity index (χ2v) is 7.92. The average molecular weight is 293 g/mol. The molecular weight excluding hydrogens is 278 g/mol. The first kappa shape index (κ1) is 13.4. The van der Waals surface area contributed by atoms with Crippen LogP contribution in [0.3, 0.4) is 0 Å². The van der Waals surface area contributed by atoms with Crippen LogP contribution in [-0.2, 0) is 16.6 Å². The number of thiophene rings is 1. The van der Waals surface area contributed by atoms with E-state index >= 15 is 0 Å². The summed E-state index contributed by atoms with van der Waals surface area (Å²) in [6, 6.07) is 1.60. The van der Waals surface area contributed by atoms with Crippen molar-refractivity contribution in [2.45, 2.75) is 24.5 Å². The molecule has 1 unspecified atom stereocenters. The number of aliphatic hydroxyl groups excluding tert-OH is 1. The summed E-state index contributed by atoms with van der Waals surface area (Å²) < 4.78 is 26.4. The van der Waals surface area contributed by atoms with Crippen LogP contribution in [0.1, 0.15) is 11.8 Å². The Bertz CT molecular complexity index is 483. The van der Waals surface area contributed by atoms with E-state index in [1.165, 1.54) is 11.3 Å². The van der Waals surface area contributed by atoms with Crippen LogP contribution in [0.4, 0.5) is 0 Å². The lowest BCUT2D eigenvalue weighted by molar-refractivity contribution is 0.281. The minimum atomic E-state index is -3.44. The van der Waals surface area contributed by atoms with Crippen molar-refractivity contribution < 1.29 is 13.5 Å². The molecule has 0 radical (unpaired) electrons. The van der Waals surface area contributed by atoms with Gasteiger partial charge >= 0.3 is 0 Å². The highest BCUT2D eigenvalue weighted by Gasteiger charge is 2.32. The third-order valence-corrected chi connectivity index (χ3v) is 7.06. The molecule has 96 valence electrons. The van der Waals surface area contributed by atoms with Crippen molar-refractivity contribution >= 4 is 33.1 Å². The first-order chi connectivity index (χ1) is 8.07. The van der Waals surface area contributed by atoms with Crippen molar-refractivity contribution in [2.24, 2.45) is 0 Å². The lowest BCUT2D eigenvalue weighted by atomic mass is 10.4. The fraction of sp³-hybridized carbons (Fsp3) is 0.600. The van der Waals surface area contributed by atoms with Gasteiger partial charge in [0, 0.05) is 29.0 Å². The summed E-state index contributed by atoms with van der Waals surface area (Å²) in [5, 5.41) is 10.9. The van der Waals surface area contributed by atoms with E-state index in [0.29, 0.717) is 11.4 Å². The van der Waals surface area contributed by atoms with Crippen LogP contribution in [-0.4, -0.2) is 41.9 Å². The van der Waals surface area contributed by atoms with E-state index in [9.17, 15) is 8.42 Å². The van der Waals surface area contributed by atoms with E-state index in [-0.39, 0.29) is 17.5 Å². The first-order valence-electron chi connectivity index (χ1n) is 5.34. The van der Waals surface area contributed by atoms with Crippen LogP contribution < -0.4 is 0 Å². The molecule has 1 saturated heterocycles. The molecule has 1 aromatic heterocycles. The van der Waals surface area contributed by atoms with Gasteiger partial charge in [-0.3, -0.25) is 0 Å². The van der Waals surface area contributed by atoms with E-state index in [4.69, 9.17) is 5.11 Å². The number of nitrogens with zero attached hydrogens (tertiary/aromatic N) is 1. The number of sulfonamides is 1. The van der Waals surface area contributed by atoms with Gasteiger partial charge in [-0.05, 0) is 18.4 Å². The standard InChI is InChI=1S/C10H15NO3S3/c1-8-7-15-5-3-11(8)17(13,14)10-2-4-16-9(10)6-12/h2,4,8,12H,3,5-7H2,1H3. The zero-order chi connectivity index (χ0) is 12.5. The molecule has 0 amide bonds. The number of thioether (sulfide) groups is 1. The largest absolute Gasteiger partial charge is 0.391 e. The molecule has 0 aromatic carbocycles. The molecule has 1 atom stereocenters. The van der Waals surface area contributed by atoms with Crippen molar-refractivity contribution in [3.8, 4) is 0 Å². The van der Waals surface area contributed by atoms with E-state index < -0.39 is 10.0 Å². The molecule has 7 heteroatoms. The van der Waals surface area contributed by atoms with Crippen LogP contribution in [0.2, 0.25) is 0 Å². The Balaban J connectivity index is 2.35. The van der Waals surface area contributed by atoms with Crippen molar-refractivity contribution in [1.82, 2.24) is 4.31 Å². The summed E-state index contributed by atoms with van der Waals surface area (Å²) >= 11 is 3.06. The Morgan fingerprint density at radius 1 is 1.59 bits per heavy atom. The lowest BCUT2D eigenvalue weighted by Crippen LogP contribution is -2.44. The highest BCUT2D eigenvalue weighted by molar-refractivity contribution is 7.99. The van der Waals surface area contributed by atoms with Crippen molar-refractivity contribution in [1.29, 1.82) is 0 Å². The van der Waals surface area contributed by atoms with Gasteiger partial charge in [0.25, 0.3) is 0 Å². The molecule has 2 heterocycles. The zero-order valence-electron chi connectivity index (χ0n) is 9.50. The fourth-order valence-corrected chi connectivity index (χ4v) is 5.99. The predicted octanol–water partition coefficient (Wildman–Crippen LogP) is 1.37. The summed E-state index contributed by atoms with van der Waals surface area (Å²) in [5.41, 5.74) is 0. The Morgan fingerprint density at radius 2 is 2.35 bits per heavy atom. The molecule has 1 fully saturated rings. The number of rotatable bonds is 3. The third kappa shape index (κ3) is 2.53. The first-order valence-corrected chi connectivity index (χ1v) is 8.81. The lowest BCUT2D eigenvalue weighted by Gasteiger charge is -2.31.